The highest BCUT2D eigenvalue weighted by molar-refractivity contribution is 7.10. The summed E-state index contributed by atoms with van der Waals surface area (Å²) >= 11 is 1.14. The zero-order valence-electron chi connectivity index (χ0n) is 18.3. The Morgan fingerprint density at radius 3 is 2.62 bits per heavy atom. The Bertz CT molecular complexity index is 1390. The number of fused-ring (bicyclic) bond motifs is 1. The average Bonchev–Trinajstić information content (AvgIpc) is 3.22. The van der Waals surface area contributed by atoms with Gasteiger partial charge in [0.05, 0.1) is 35.6 Å². The van der Waals surface area contributed by atoms with Crippen molar-refractivity contribution >= 4 is 56.9 Å². The first kappa shape index (κ1) is 22.8. The molecule has 2 aromatic heterocycles. The van der Waals surface area contributed by atoms with E-state index in [9.17, 15) is 14.4 Å². The number of rotatable bonds is 7. The summed E-state index contributed by atoms with van der Waals surface area (Å²) in [5.41, 5.74) is 3.10. The molecule has 0 saturated carbocycles. The van der Waals surface area contributed by atoms with E-state index in [2.05, 4.69) is 35.0 Å². The van der Waals surface area contributed by atoms with E-state index < -0.39 is 17.8 Å². The summed E-state index contributed by atoms with van der Waals surface area (Å²) in [5.74, 6) is -0.934. The van der Waals surface area contributed by atoms with Crippen LogP contribution in [0.15, 0.2) is 54.7 Å². The Labute approximate surface area is 198 Å². The van der Waals surface area contributed by atoms with Gasteiger partial charge in [-0.25, -0.2) is 4.98 Å². The Morgan fingerprint density at radius 2 is 1.82 bits per heavy atom. The maximum Gasteiger partial charge on any atom is 0.325 e. The second kappa shape index (κ2) is 10.0. The number of nitrogens with zero attached hydrogens (tertiary/aromatic N) is 3. The van der Waals surface area contributed by atoms with Crippen LogP contribution < -0.4 is 16.0 Å². The predicted molar refractivity (Wildman–Crippen MR) is 128 cm³/mol. The molecular formula is C23H20N6O4S. The summed E-state index contributed by atoms with van der Waals surface area (Å²) in [6.45, 7) is 1.48. The number of para-hydroxylation sites is 2. The minimum absolute atomic E-state index is 0.252. The fourth-order valence-electron chi connectivity index (χ4n) is 3.11. The summed E-state index contributed by atoms with van der Waals surface area (Å²) < 4.78 is 8.81. The lowest BCUT2D eigenvalue weighted by atomic mass is 10.1. The van der Waals surface area contributed by atoms with E-state index in [4.69, 9.17) is 0 Å². The molecule has 0 radical (unpaired) electrons. The maximum absolute atomic E-state index is 13.1. The second-order valence-corrected chi connectivity index (χ2v) is 7.91. The number of amides is 2. The molecule has 4 rings (SSSR count). The lowest BCUT2D eigenvalue weighted by molar-refractivity contribution is -0.139. The van der Waals surface area contributed by atoms with Crippen LogP contribution in [0.25, 0.3) is 11.0 Å². The van der Waals surface area contributed by atoms with Gasteiger partial charge >= 0.3 is 5.97 Å². The van der Waals surface area contributed by atoms with Crippen molar-refractivity contribution in [3.8, 4) is 0 Å². The number of carbonyl (C=O) groups is 3. The van der Waals surface area contributed by atoms with Gasteiger partial charge in [0.15, 0.2) is 0 Å². The van der Waals surface area contributed by atoms with Gasteiger partial charge in [-0.15, -0.1) is 0 Å². The van der Waals surface area contributed by atoms with Crippen LogP contribution in [-0.2, 0) is 9.53 Å². The van der Waals surface area contributed by atoms with Gasteiger partial charge in [0.1, 0.15) is 17.4 Å². The Balaban J connectivity index is 1.50. The van der Waals surface area contributed by atoms with Crippen LogP contribution in [0.4, 0.5) is 16.5 Å². The minimum Gasteiger partial charge on any atom is -0.468 e. The molecule has 0 aliphatic carbocycles. The number of nitrogens with one attached hydrogen (secondary N) is 3. The number of aromatic nitrogens is 3. The van der Waals surface area contributed by atoms with E-state index in [0.717, 1.165) is 22.6 Å². The average molecular weight is 477 g/mol. The summed E-state index contributed by atoms with van der Waals surface area (Å²) in [6.07, 6.45) is 1.59. The van der Waals surface area contributed by atoms with Crippen molar-refractivity contribution in [1.82, 2.24) is 19.7 Å². The first-order valence-corrected chi connectivity index (χ1v) is 10.9. The largest absolute Gasteiger partial charge is 0.468 e. The van der Waals surface area contributed by atoms with Gasteiger partial charge in [-0.2, -0.15) is 4.37 Å². The summed E-state index contributed by atoms with van der Waals surface area (Å²) in [4.78, 5) is 45.5. The number of hydrogen-bond acceptors (Lipinski definition) is 9. The quantitative estimate of drug-likeness (QED) is 0.346. The molecule has 4 aromatic rings. The van der Waals surface area contributed by atoms with Gasteiger partial charge in [-0.1, -0.05) is 18.2 Å². The number of anilines is 3. The third kappa shape index (κ3) is 5.15. The van der Waals surface area contributed by atoms with Crippen molar-refractivity contribution in [1.29, 1.82) is 0 Å². The van der Waals surface area contributed by atoms with Gasteiger partial charge in [-0.05, 0) is 48.8 Å². The van der Waals surface area contributed by atoms with Crippen molar-refractivity contribution in [3.05, 3.63) is 71.5 Å². The van der Waals surface area contributed by atoms with E-state index in [-0.39, 0.29) is 12.1 Å². The summed E-state index contributed by atoms with van der Waals surface area (Å²) in [6, 6.07) is 13.9. The highest BCUT2D eigenvalue weighted by Gasteiger charge is 2.20. The molecule has 2 amide bonds. The third-order valence-electron chi connectivity index (χ3n) is 4.78. The molecule has 2 aromatic carbocycles. The van der Waals surface area contributed by atoms with E-state index in [1.165, 1.54) is 13.2 Å². The van der Waals surface area contributed by atoms with Crippen LogP contribution in [0.2, 0.25) is 0 Å². The highest BCUT2D eigenvalue weighted by Crippen LogP contribution is 2.28. The molecular weight excluding hydrogens is 456 g/mol. The Kier molecular flexibility index (Phi) is 6.74. The molecule has 0 atom stereocenters. The standard InChI is InChI=1S/C23H20N6O4S/c1-13-20(23(34-29-13)28-18-11-24-16-8-3-4-9-17(16)27-18)22(32)26-15-7-5-6-14(10-15)21(31)25-12-19(30)33-2/h3-11H,12H2,1-2H3,(H,25,31)(H,26,32)(H,27,28). The number of ether oxygens (including phenoxy) is 1. The lowest BCUT2D eigenvalue weighted by Gasteiger charge is -2.10. The first-order chi connectivity index (χ1) is 16.4. The SMILES string of the molecule is COC(=O)CNC(=O)c1cccc(NC(=O)c2c(C)nsc2Nc2cnc3ccccc3n2)c1. The van der Waals surface area contributed by atoms with Crippen molar-refractivity contribution < 1.29 is 19.1 Å². The lowest BCUT2D eigenvalue weighted by Crippen LogP contribution is -2.30. The van der Waals surface area contributed by atoms with Gasteiger partial charge in [0.25, 0.3) is 11.8 Å². The highest BCUT2D eigenvalue weighted by atomic mass is 32.1. The molecule has 0 aliphatic rings. The maximum atomic E-state index is 13.1. The zero-order valence-corrected chi connectivity index (χ0v) is 19.1. The molecule has 2 heterocycles. The molecule has 172 valence electrons. The molecule has 0 saturated heterocycles. The summed E-state index contributed by atoms with van der Waals surface area (Å²) in [5, 5.41) is 8.90. The number of aryl methyl sites for hydroxylation is 1. The molecule has 0 spiro atoms. The molecule has 10 nitrogen and oxygen atoms in total. The van der Waals surface area contributed by atoms with Gasteiger partial charge < -0.3 is 20.7 Å². The predicted octanol–water partition coefficient (Wildman–Crippen LogP) is 3.29. The molecule has 0 bridgehead atoms. The topological polar surface area (TPSA) is 135 Å². The molecule has 0 unspecified atom stereocenters. The number of esters is 1. The fourth-order valence-corrected chi connectivity index (χ4v) is 3.92. The van der Waals surface area contributed by atoms with Crippen molar-refractivity contribution in [2.75, 3.05) is 24.3 Å². The number of carbonyl (C=O) groups excluding carboxylic acids is 3. The fraction of sp³-hybridized carbons (Fsp3) is 0.130. The molecule has 3 N–H and O–H groups in total. The van der Waals surface area contributed by atoms with Gasteiger partial charge in [0, 0.05) is 11.3 Å². The number of hydrogen-bond donors (Lipinski definition) is 3. The van der Waals surface area contributed by atoms with Crippen LogP contribution in [0.1, 0.15) is 26.4 Å². The van der Waals surface area contributed by atoms with E-state index in [1.54, 1.807) is 31.3 Å². The van der Waals surface area contributed by atoms with Crippen molar-refractivity contribution in [2.45, 2.75) is 6.92 Å². The monoisotopic (exact) mass is 476 g/mol. The van der Waals surface area contributed by atoms with Crippen LogP contribution in [0, 0.1) is 6.92 Å². The smallest absolute Gasteiger partial charge is 0.325 e. The van der Waals surface area contributed by atoms with E-state index in [0.29, 0.717) is 27.8 Å². The minimum atomic E-state index is -0.561. The van der Waals surface area contributed by atoms with Crippen LogP contribution in [0.3, 0.4) is 0 Å². The van der Waals surface area contributed by atoms with Crippen LogP contribution in [0.5, 0.6) is 0 Å². The molecule has 34 heavy (non-hydrogen) atoms. The van der Waals surface area contributed by atoms with E-state index >= 15 is 0 Å². The van der Waals surface area contributed by atoms with Crippen molar-refractivity contribution in [3.63, 3.8) is 0 Å². The Hall–Kier alpha value is -4.38. The van der Waals surface area contributed by atoms with Crippen molar-refractivity contribution in [2.24, 2.45) is 0 Å². The van der Waals surface area contributed by atoms with E-state index in [1.807, 2.05) is 24.3 Å². The van der Waals surface area contributed by atoms with Crippen LogP contribution >= 0.6 is 11.5 Å². The molecule has 11 heteroatoms. The normalized spacial score (nSPS) is 10.5. The van der Waals surface area contributed by atoms with Gasteiger partial charge in [0.2, 0.25) is 0 Å². The molecule has 0 aliphatic heterocycles. The summed E-state index contributed by atoms with van der Waals surface area (Å²) in [7, 11) is 1.24. The number of methoxy groups -OCH3 is 1. The third-order valence-corrected chi connectivity index (χ3v) is 5.64. The number of benzene rings is 2. The van der Waals surface area contributed by atoms with Gasteiger partial charge in [-0.3, -0.25) is 19.4 Å². The first-order valence-electron chi connectivity index (χ1n) is 10.2. The second-order valence-electron chi connectivity index (χ2n) is 7.13. The zero-order chi connectivity index (χ0) is 24.1. The molecule has 0 fully saturated rings. The Morgan fingerprint density at radius 1 is 1.03 bits per heavy atom. The van der Waals surface area contributed by atoms with Crippen LogP contribution in [-0.4, -0.2) is 45.8 Å².